The van der Waals surface area contributed by atoms with Gasteiger partial charge in [0.05, 0.1) is 17.0 Å². The average Bonchev–Trinajstić information content (AvgIpc) is 3.53. The summed E-state index contributed by atoms with van der Waals surface area (Å²) in [6.45, 7) is 0. The highest BCUT2D eigenvalue weighted by molar-refractivity contribution is 7.99. The Bertz CT molecular complexity index is 2970. The maximum absolute atomic E-state index is 10.2. The van der Waals surface area contributed by atoms with E-state index in [9.17, 15) is 5.26 Å². The van der Waals surface area contributed by atoms with Crippen molar-refractivity contribution >= 4 is 33.3 Å². The van der Waals surface area contributed by atoms with Crippen LogP contribution in [-0.2, 0) is 5.41 Å². The van der Waals surface area contributed by atoms with Crippen molar-refractivity contribution in [3.05, 3.63) is 216 Å². The lowest BCUT2D eigenvalue weighted by Gasteiger charge is -2.40. The van der Waals surface area contributed by atoms with Crippen molar-refractivity contribution in [3.63, 3.8) is 0 Å². The van der Waals surface area contributed by atoms with E-state index in [2.05, 4.69) is 188 Å². The molecule has 1 aliphatic heterocycles. The van der Waals surface area contributed by atoms with Crippen LogP contribution in [0.1, 0.15) is 27.8 Å². The van der Waals surface area contributed by atoms with Crippen LogP contribution < -0.4 is 0 Å². The molecule has 1 heterocycles. The normalized spacial score (nSPS) is 15.0. The topological polar surface area (TPSA) is 23.8 Å². The summed E-state index contributed by atoms with van der Waals surface area (Å²) >= 11 is 1.88. The monoisotopic (exact) mass is 701 g/mol. The standard InChI is InChI=1S/C52H31NS/c53-32-33-25-30-38-37-15-8-9-21-44(37)52(47(38)31-33)45-22-10-11-24-48(45)54-51-43(20-12-23-46(51)52)50-41-18-6-4-16-39(41)49(40-17-5-7-19-42(40)50)36-28-26-35(27-29-36)34-13-2-1-3-14-34/h1-31H. The van der Waals surface area contributed by atoms with E-state index in [0.717, 1.165) is 0 Å². The van der Waals surface area contributed by atoms with Crippen LogP contribution in [0.3, 0.4) is 0 Å². The molecule has 0 aromatic heterocycles. The fraction of sp³-hybridized carbons (Fsp3) is 0.0192. The van der Waals surface area contributed by atoms with Gasteiger partial charge in [-0.25, -0.2) is 0 Å². The summed E-state index contributed by atoms with van der Waals surface area (Å²) in [7, 11) is 0. The number of nitriles is 1. The van der Waals surface area contributed by atoms with E-state index in [0.29, 0.717) is 5.56 Å². The Hall–Kier alpha value is -6.66. The summed E-state index contributed by atoms with van der Waals surface area (Å²) in [6, 6.07) is 70.9. The average molecular weight is 702 g/mol. The highest BCUT2D eigenvalue weighted by atomic mass is 32.2. The van der Waals surface area contributed by atoms with E-state index in [-0.39, 0.29) is 0 Å². The second-order valence-corrected chi connectivity index (χ2v) is 15.3. The molecular weight excluding hydrogens is 671 g/mol. The van der Waals surface area contributed by atoms with Crippen molar-refractivity contribution in [2.45, 2.75) is 15.2 Å². The Morgan fingerprint density at radius 3 is 1.65 bits per heavy atom. The minimum Gasteiger partial charge on any atom is -0.192 e. The first kappa shape index (κ1) is 30.9. The minimum absolute atomic E-state index is 0.571. The summed E-state index contributed by atoms with van der Waals surface area (Å²) in [5.74, 6) is 0. The number of hydrogen-bond acceptors (Lipinski definition) is 2. The molecule has 1 atom stereocenters. The van der Waals surface area contributed by atoms with Crippen molar-refractivity contribution in [2.75, 3.05) is 0 Å². The molecule has 0 bridgehead atoms. The molecule has 1 unspecified atom stereocenters. The van der Waals surface area contributed by atoms with Gasteiger partial charge in [-0.1, -0.05) is 182 Å². The van der Waals surface area contributed by atoms with E-state index in [1.165, 1.54) is 98.1 Å². The zero-order valence-corrected chi connectivity index (χ0v) is 30.1. The summed E-state index contributed by atoms with van der Waals surface area (Å²) in [6.07, 6.45) is 0. The Labute approximate surface area is 318 Å². The molecule has 54 heavy (non-hydrogen) atoms. The quantitative estimate of drug-likeness (QED) is 0.171. The van der Waals surface area contributed by atoms with Gasteiger partial charge in [0, 0.05) is 9.79 Å². The van der Waals surface area contributed by atoms with Crippen LogP contribution >= 0.6 is 11.8 Å². The highest BCUT2D eigenvalue weighted by Gasteiger charge is 2.50. The molecule has 0 N–H and O–H groups in total. The SMILES string of the molecule is N#Cc1ccc2c(c1)C1(c3ccccc3Sc3c(-c4c5ccccc5c(-c5ccc(-c6ccccc6)cc5)c5ccccc45)cccc31)c1ccccc1-2. The maximum atomic E-state index is 10.2. The molecule has 9 aromatic rings. The van der Waals surface area contributed by atoms with E-state index < -0.39 is 5.41 Å². The van der Waals surface area contributed by atoms with Crippen molar-refractivity contribution < 1.29 is 0 Å². The highest BCUT2D eigenvalue weighted by Crippen LogP contribution is 2.63. The first-order valence-electron chi connectivity index (χ1n) is 18.4. The molecule has 0 saturated heterocycles. The molecule has 11 rings (SSSR count). The molecule has 0 radical (unpaired) electrons. The number of nitrogens with zero attached hydrogens (tertiary/aromatic N) is 1. The molecule has 1 spiro atoms. The molecule has 2 heteroatoms. The fourth-order valence-corrected chi connectivity index (χ4v) is 10.7. The first-order valence-corrected chi connectivity index (χ1v) is 19.2. The third kappa shape index (κ3) is 4.28. The number of hydrogen-bond donors (Lipinski definition) is 0. The molecule has 2 aliphatic rings. The van der Waals surface area contributed by atoms with Crippen LogP contribution in [0.25, 0.3) is 66.1 Å². The van der Waals surface area contributed by atoms with Crippen LogP contribution in [0.4, 0.5) is 0 Å². The van der Waals surface area contributed by atoms with Crippen LogP contribution in [0, 0.1) is 11.3 Å². The van der Waals surface area contributed by atoms with Gasteiger partial charge >= 0.3 is 0 Å². The van der Waals surface area contributed by atoms with Crippen molar-refractivity contribution in [3.8, 4) is 50.6 Å². The minimum atomic E-state index is -0.571. The smallest absolute Gasteiger partial charge is 0.0991 e. The predicted molar refractivity (Wildman–Crippen MR) is 224 cm³/mol. The second-order valence-electron chi connectivity index (χ2n) is 14.2. The summed E-state index contributed by atoms with van der Waals surface area (Å²) in [5.41, 5.74) is 14.9. The Morgan fingerprint density at radius 1 is 0.389 bits per heavy atom. The van der Waals surface area contributed by atoms with Gasteiger partial charge in [0.15, 0.2) is 0 Å². The third-order valence-corrected chi connectivity index (χ3v) is 12.8. The van der Waals surface area contributed by atoms with Crippen LogP contribution in [0.15, 0.2) is 198 Å². The second kappa shape index (κ2) is 11.9. The predicted octanol–water partition coefficient (Wildman–Crippen LogP) is 13.7. The zero-order valence-electron chi connectivity index (χ0n) is 29.3. The van der Waals surface area contributed by atoms with Gasteiger partial charge < -0.3 is 0 Å². The lowest BCUT2D eigenvalue weighted by molar-refractivity contribution is 0.723. The van der Waals surface area contributed by atoms with Crippen molar-refractivity contribution in [1.29, 1.82) is 5.26 Å². The van der Waals surface area contributed by atoms with E-state index >= 15 is 0 Å². The third-order valence-electron chi connectivity index (χ3n) is 11.6. The van der Waals surface area contributed by atoms with Gasteiger partial charge in [0.2, 0.25) is 0 Å². The summed E-state index contributed by atoms with van der Waals surface area (Å²) < 4.78 is 0. The number of rotatable bonds is 3. The van der Waals surface area contributed by atoms with Crippen LogP contribution in [0.5, 0.6) is 0 Å². The molecule has 1 nitrogen and oxygen atoms in total. The fourth-order valence-electron chi connectivity index (χ4n) is 9.38. The Morgan fingerprint density at radius 2 is 0.926 bits per heavy atom. The van der Waals surface area contributed by atoms with Gasteiger partial charge in [-0.05, 0) is 107 Å². The van der Waals surface area contributed by atoms with Crippen molar-refractivity contribution in [2.24, 2.45) is 0 Å². The molecular formula is C52H31NS. The van der Waals surface area contributed by atoms with Gasteiger partial charge in [-0.15, -0.1) is 0 Å². The van der Waals surface area contributed by atoms with Gasteiger partial charge in [-0.3, -0.25) is 0 Å². The molecule has 9 aromatic carbocycles. The van der Waals surface area contributed by atoms with E-state index in [4.69, 9.17) is 0 Å². The summed E-state index contributed by atoms with van der Waals surface area (Å²) in [4.78, 5) is 2.50. The molecule has 0 saturated carbocycles. The van der Waals surface area contributed by atoms with E-state index in [1.54, 1.807) is 0 Å². The van der Waals surface area contributed by atoms with E-state index in [1.807, 2.05) is 17.8 Å². The lowest BCUT2D eigenvalue weighted by atomic mass is 9.66. The number of benzene rings is 9. The molecule has 0 amide bonds. The summed E-state index contributed by atoms with van der Waals surface area (Å²) in [5, 5.41) is 15.1. The number of fused-ring (bicyclic) bond motifs is 11. The van der Waals surface area contributed by atoms with Crippen LogP contribution in [-0.4, -0.2) is 0 Å². The Kier molecular flexibility index (Phi) is 6.83. The maximum Gasteiger partial charge on any atom is 0.0991 e. The molecule has 250 valence electrons. The lowest BCUT2D eigenvalue weighted by Crippen LogP contribution is -2.32. The van der Waals surface area contributed by atoms with Crippen molar-refractivity contribution in [1.82, 2.24) is 0 Å². The van der Waals surface area contributed by atoms with Crippen LogP contribution in [0.2, 0.25) is 0 Å². The zero-order chi connectivity index (χ0) is 35.8. The first-order chi connectivity index (χ1) is 26.8. The van der Waals surface area contributed by atoms with Gasteiger partial charge in [-0.2, -0.15) is 5.26 Å². The largest absolute Gasteiger partial charge is 0.192 e. The molecule has 1 aliphatic carbocycles. The van der Waals surface area contributed by atoms with Gasteiger partial charge in [0.1, 0.15) is 0 Å². The van der Waals surface area contributed by atoms with Gasteiger partial charge in [0.25, 0.3) is 0 Å². The Balaban J connectivity index is 1.21. The molecule has 0 fully saturated rings.